The molecule has 1 aliphatic rings. The first-order valence-corrected chi connectivity index (χ1v) is 7.67. The van der Waals surface area contributed by atoms with Crippen molar-refractivity contribution in [3.05, 3.63) is 23.9 Å². The Morgan fingerprint density at radius 2 is 2.35 bits per heavy atom. The molecule has 0 amide bonds. The molecule has 0 spiro atoms. The third-order valence-electron chi connectivity index (χ3n) is 3.32. The molecule has 2 heterocycles. The maximum atomic E-state index is 4.49. The summed E-state index contributed by atoms with van der Waals surface area (Å²) < 4.78 is 0. The van der Waals surface area contributed by atoms with Crippen molar-refractivity contribution in [1.82, 2.24) is 9.88 Å². The largest absolute Gasteiger partial charge is 0.296 e. The summed E-state index contributed by atoms with van der Waals surface area (Å²) in [6.45, 7) is 7.04. The van der Waals surface area contributed by atoms with Gasteiger partial charge in [-0.25, -0.2) is 4.98 Å². The topological polar surface area (TPSA) is 16.1 Å². The van der Waals surface area contributed by atoms with Crippen LogP contribution >= 0.6 is 11.8 Å². The number of pyridine rings is 1. The Kier molecular flexibility index (Phi) is 4.46. The van der Waals surface area contributed by atoms with Crippen LogP contribution in [0.1, 0.15) is 38.3 Å². The molecule has 1 fully saturated rings. The summed E-state index contributed by atoms with van der Waals surface area (Å²) in [7, 11) is 0. The van der Waals surface area contributed by atoms with Crippen LogP contribution in [0.15, 0.2) is 23.4 Å². The van der Waals surface area contributed by atoms with E-state index in [1.807, 2.05) is 6.20 Å². The lowest BCUT2D eigenvalue weighted by Crippen LogP contribution is -2.27. The van der Waals surface area contributed by atoms with Crippen molar-refractivity contribution in [2.75, 3.05) is 19.3 Å². The van der Waals surface area contributed by atoms with Gasteiger partial charge in [-0.3, -0.25) is 4.90 Å². The predicted octanol–water partition coefficient (Wildman–Crippen LogP) is 3.60. The molecule has 3 heteroatoms. The Balaban J connectivity index is 2.19. The Hall–Kier alpha value is -0.540. The standard InChI is InChI=1S/C14H22N2S/c1-11(2)10-16-9-5-7-13(16)12-6-4-8-15-14(12)17-3/h4,6,8,11,13H,5,7,9-10H2,1-3H3. The minimum atomic E-state index is 0.591. The van der Waals surface area contributed by atoms with Crippen molar-refractivity contribution < 1.29 is 0 Å². The van der Waals surface area contributed by atoms with Gasteiger partial charge in [0.05, 0.1) is 0 Å². The molecule has 0 N–H and O–H groups in total. The van der Waals surface area contributed by atoms with Gasteiger partial charge in [0.2, 0.25) is 0 Å². The second kappa shape index (κ2) is 5.87. The van der Waals surface area contributed by atoms with Gasteiger partial charge in [0.15, 0.2) is 0 Å². The minimum absolute atomic E-state index is 0.591. The Labute approximate surface area is 109 Å². The van der Waals surface area contributed by atoms with Crippen molar-refractivity contribution >= 4 is 11.8 Å². The number of thioether (sulfide) groups is 1. The molecule has 0 bridgehead atoms. The second-order valence-corrected chi connectivity index (χ2v) is 5.94. The highest BCUT2D eigenvalue weighted by atomic mass is 32.2. The van der Waals surface area contributed by atoms with E-state index in [1.165, 1.54) is 36.5 Å². The molecule has 0 radical (unpaired) electrons. The molecule has 1 saturated heterocycles. The molecule has 94 valence electrons. The van der Waals surface area contributed by atoms with Crippen molar-refractivity contribution in [2.24, 2.45) is 5.92 Å². The van der Waals surface area contributed by atoms with E-state index < -0.39 is 0 Å². The van der Waals surface area contributed by atoms with Gasteiger partial charge in [-0.1, -0.05) is 19.9 Å². The Bertz CT molecular complexity index is 365. The highest BCUT2D eigenvalue weighted by molar-refractivity contribution is 7.98. The van der Waals surface area contributed by atoms with Crippen LogP contribution in [0.2, 0.25) is 0 Å². The smallest absolute Gasteiger partial charge is 0.100 e. The lowest BCUT2D eigenvalue weighted by molar-refractivity contribution is 0.226. The van der Waals surface area contributed by atoms with Crippen LogP contribution in [-0.2, 0) is 0 Å². The fourth-order valence-electron chi connectivity index (χ4n) is 2.69. The molecular formula is C14H22N2S. The van der Waals surface area contributed by atoms with Gasteiger partial charge in [-0.05, 0) is 37.6 Å². The van der Waals surface area contributed by atoms with Gasteiger partial charge in [0.25, 0.3) is 0 Å². The van der Waals surface area contributed by atoms with E-state index in [2.05, 4.69) is 42.1 Å². The summed E-state index contributed by atoms with van der Waals surface area (Å²) in [5.41, 5.74) is 1.43. The Morgan fingerprint density at radius 1 is 1.53 bits per heavy atom. The van der Waals surface area contributed by atoms with Crippen molar-refractivity contribution in [2.45, 2.75) is 37.8 Å². The van der Waals surface area contributed by atoms with Gasteiger partial charge >= 0.3 is 0 Å². The average Bonchev–Trinajstić information content (AvgIpc) is 2.76. The second-order valence-electron chi connectivity index (χ2n) is 5.15. The fourth-order valence-corrected chi connectivity index (χ4v) is 3.30. The first-order chi connectivity index (χ1) is 8.22. The monoisotopic (exact) mass is 250 g/mol. The number of aromatic nitrogens is 1. The highest BCUT2D eigenvalue weighted by Gasteiger charge is 2.28. The van der Waals surface area contributed by atoms with Gasteiger partial charge in [-0.15, -0.1) is 11.8 Å². The highest BCUT2D eigenvalue weighted by Crippen LogP contribution is 2.35. The van der Waals surface area contributed by atoms with E-state index >= 15 is 0 Å². The molecule has 0 saturated carbocycles. The summed E-state index contributed by atoms with van der Waals surface area (Å²) in [5, 5.41) is 1.20. The van der Waals surface area contributed by atoms with Crippen LogP contribution in [0.3, 0.4) is 0 Å². The Morgan fingerprint density at radius 3 is 3.06 bits per heavy atom. The third-order valence-corrected chi connectivity index (χ3v) is 4.04. The maximum Gasteiger partial charge on any atom is 0.100 e. The van der Waals surface area contributed by atoms with E-state index in [1.54, 1.807) is 11.8 Å². The van der Waals surface area contributed by atoms with Gasteiger partial charge < -0.3 is 0 Å². The summed E-state index contributed by atoms with van der Waals surface area (Å²) in [6, 6.07) is 4.91. The summed E-state index contributed by atoms with van der Waals surface area (Å²) in [5.74, 6) is 0.741. The van der Waals surface area contributed by atoms with Gasteiger partial charge in [0.1, 0.15) is 5.03 Å². The molecule has 1 unspecified atom stereocenters. The van der Waals surface area contributed by atoms with E-state index in [-0.39, 0.29) is 0 Å². The fraction of sp³-hybridized carbons (Fsp3) is 0.643. The molecule has 2 rings (SSSR count). The van der Waals surface area contributed by atoms with Crippen molar-refractivity contribution in [1.29, 1.82) is 0 Å². The molecule has 0 aliphatic carbocycles. The zero-order valence-corrected chi connectivity index (χ0v) is 11.8. The molecule has 1 atom stereocenters. The van der Waals surface area contributed by atoms with Crippen LogP contribution in [0, 0.1) is 5.92 Å². The van der Waals surface area contributed by atoms with E-state index in [0.717, 1.165) is 5.92 Å². The van der Waals surface area contributed by atoms with Gasteiger partial charge in [-0.2, -0.15) is 0 Å². The van der Waals surface area contributed by atoms with Crippen LogP contribution in [0.4, 0.5) is 0 Å². The van der Waals surface area contributed by atoms with E-state index in [4.69, 9.17) is 0 Å². The maximum absolute atomic E-state index is 4.49. The molecule has 0 aromatic carbocycles. The molecule has 1 aliphatic heterocycles. The lowest BCUT2D eigenvalue weighted by Gasteiger charge is -2.27. The number of hydrogen-bond donors (Lipinski definition) is 0. The van der Waals surface area contributed by atoms with E-state index in [0.29, 0.717) is 6.04 Å². The number of rotatable bonds is 4. The number of hydrogen-bond acceptors (Lipinski definition) is 3. The van der Waals surface area contributed by atoms with Crippen LogP contribution in [0.5, 0.6) is 0 Å². The normalized spacial score (nSPS) is 21.3. The van der Waals surface area contributed by atoms with Crippen molar-refractivity contribution in [3.63, 3.8) is 0 Å². The third kappa shape index (κ3) is 3.02. The molecular weight excluding hydrogens is 228 g/mol. The zero-order valence-electron chi connectivity index (χ0n) is 11.0. The van der Waals surface area contributed by atoms with Crippen LogP contribution < -0.4 is 0 Å². The number of nitrogens with zero attached hydrogens (tertiary/aromatic N) is 2. The average molecular weight is 250 g/mol. The number of likely N-dealkylation sites (tertiary alicyclic amines) is 1. The molecule has 2 nitrogen and oxygen atoms in total. The van der Waals surface area contributed by atoms with Crippen LogP contribution in [0.25, 0.3) is 0 Å². The van der Waals surface area contributed by atoms with Crippen molar-refractivity contribution in [3.8, 4) is 0 Å². The summed E-state index contributed by atoms with van der Waals surface area (Å²) in [6.07, 6.45) is 6.62. The summed E-state index contributed by atoms with van der Waals surface area (Å²) >= 11 is 1.77. The predicted molar refractivity (Wildman–Crippen MR) is 74.4 cm³/mol. The SMILES string of the molecule is CSc1ncccc1C1CCCN1CC(C)C. The first-order valence-electron chi connectivity index (χ1n) is 6.45. The summed E-state index contributed by atoms with van der Waals surface area (Å²) in [4.78, 5) is 7.12. The molecule has 1 aromatic rings. The minimum Gasteiger partial charge on any atom is -0.296 e. The molecule has 1 aromatic heterocycles. The molecule has 17 heavy (non-hydrogen) atoms. The zero-order chi connectivity index (χ0) is 12.3. The lowest BCUT2D eigenvalue weighted by atomic mass is 10.1. The quantitative estimate of drug-likeness (QED) is 0.760. The van der Waals surface area contributed by atoms with Crippen LogP contribution in [-0.4, -0.2) is 29.2 Å². The van der Waals surface area contributed by atoms with E-state index in [9.17, 15) is 0 Å². The first kappa shape index (κ1) is 12.9. The van der Waals surface area contributed by atoms with Gasteiger partial charge in [0, 0.05) is 24.3 Å².